The van der Waals surface area contributed by atoms with Gasteiger partial charge in [-0.25, -0.2) is 4.39 Å². The molecule has 1 atom stereocenters. The van der Waals surface area contributed by atoms with E-state index in [1.54, 1.807) is 25.3 Å². The first-order valence-electron chi connectivity index (χ1n) is 8.90. The number of nitrogens with zero attached hydrogens (tertiary/aromatic N) is 2. The zero-order valence-corrected chi connectivity index (χ0v) is 15.6. The average molecular weight is 394 g/mol. The predicted molar refractivity (Wildman–Crippen MR) is 106 cm³/mol. The van der Waals surface area contributed by atoms with Crippen LogP contribution in [-0.4, -0.2) is 21.4 Å². The van der Waals surface area contributed by atoms with Gasteiger partial charge in [-0.15, -0.1) is 0 Å². The lowest BCUT2D eigenvalue weighted by Crippen LogP contribution is -2.36. The molecule has 2 aromatic heterocycles. The third kappa shape index (κ3) is 5.13. The zero-order valence-electron chi connectivity index (χ0n) is 15.6. The average Bonchev–Trinajstić information content (AvgIpc) is 2.71. The Morgan fingerprint density at radius 3 is 2.55 bits per heavy atom. The standard InChI is InChI=1S/C21H19FN4O3/c1-14(18-6-2-3-11-23-18)24-19(27)13-26-12-4-5-17(21(26)29)20(28)25-16-9-7-15(22)8-10-16/h2-12,14H,13H2,1H3,(H,24,27)(H,25,28). The summed E-state index contributed by atoms with van der Waals surface area (Å²) in [6, 6.07) is 13.1. The molecule has 8 heteroatoms. The molecule has 1 unspecified atom stereocenters. The number of hydrogen-bond donors (Lipinski definition) is 2. The lowest BCUT2D eigenvalue weighted by molar-refractivity contribution is -0.122. The predicted octanol–water partition coefficient (Wildman–Crippen LogP) is 2.51. The van der Waals surface area contributed by atoms with Crippen LogP contribution >= 0.6 is 0 Å². The third-order valence-corrected chi connectivity index (χ3v) is 4.19. The smallest absolute Gasteiger partial charge is 0.263 e. The van der Waals surface area contributed by atoms with Crippen molar-refractivity contribution in [2.24, 2.45) is 0 Å². The van der Waals surface area contributed by atoms with Gasteiger partial charge in [0.05, 0.1) is 11.7 Å². The van der Waals surface area contributed by atoms with Gasteiger partial charge in [-0.1, -0.05) is 6.07 Å². The Kier molecular flexibility index (Phi) is 6.13. The van der Waals surface area contributed by atoms with E-state index in [9.17, 15) is 18.8 Å². The van der Waals surface area contributed by atoms with Crippen molar-refractivity contribution in [3.05, 3.63) is 94.4 Å². The van der Waals surface area contributed by atoms with Crippen LogP contribution in [-0.2, 0) is 11.3 Å². The van der Waals surface area contributed by atoms with Crippen LogP contribution in [0.5, 0.6) is 0 Å². The SMILES string of the molecule is CC(NC(=O)Cn1cccc(C(=O)Nc2ccc(F)cc2)c1=O)c1ccccn1. The Morgan fingerprint density at radius 2 is 1.86 bits per heavy atom. The van der Waals surface area contributed by atoms with Crippen molar-refractivity contribution < 1.29 is 14.0 Å². The minimum Gasteiger partial charge on any atom is -0.346 e. The Labute approximate surface area is 166 Å². The number of halogens is 1. The van der Waals surface area contributed by atoms with Gasteiger partial charge in [-0.2, -0.15) is 0 Å². The third-order valence-electron chi connectivity index (χ3n) is 4.19. The van der Waals surface area contributed by atoms with Crippen molar-refractivity contribution in [1.29, 1.82) is 0 Å². The largest absolute Gasteiger partial charge is 0.346 e. The summed E-state index contributed by atoms with van der Waals surface area (Å²) < 4.78 is 14.1. The number of benzene rings is 1. The highest BCUT2D eigenvalue weighted by Crippen LogP contribution is 2.10. The maximum Gasteiger partial charge on any atom is 0.263 e. The molecule has 3 aromatic rings. The van der Waals surface area contributed by atoms with E-state index in [1.165, 1.54) is 42.6 Å². The van der Waals surface area contributed by atoms with Crippen molar-refractivity contribution in [1.82, 2.24) is 14.9 Å². The number of anilines is 1. The number of aromatic nitrogens is 2. The molecule has 29 heavy (non-hydrogen) atoms. The Bertz CT molecular complexity index is 1070. The van der Waals surface area contributed by atoms with Crippen LogP contribution in [0, 0.1) is 5.82 Å². The second-order valence-corrected chi connectivity index (χ2v) is 6.36. The van der Waals surface area contributed by atoms with E-state index in [0.29, 0.717) is 11.4 Å². The van der Waals surface area contributed by atoms with E-state index in [1.807, 2.05) is 6.07 Å². The van der Waals surface area contributed by atoms with Gasteiger partial charge in [-0.05, 0) is 55.5 Å². The summed E-state index contributed by atoms with van der Waals surface area (Å²) in [7, 11) is 0. The van der Waals surface area contributed by atoms with Crippen LogP contribution in [0.3, 0.4) is 0 Å². The van der Waals surface area contributed by atoms with Crippen LogP contribution in [0.1, 0.15) is 29.0 Å². The van der Waals surface area contributed by atoms with Gasteiger partial charge >= 0.3 is 0 Å². The lowest BCUT2D eigenvalue weighted by atomic mass is 10.2. The van der Waals surface area contributed by atoms with E-state index in [4.69, 9.17) is 0 Å². The van der Waals surface area contributed by atoms with Crippen LogP contribution in [0.4, 0.5) is 10.1 Å². The Hall–Kier alpha value is -3.81. The molecular weight excluding hydrogens is 375 g/mol. The molecule has 2 amide bonds. The van der Waals surface area contributed by atoms with E-state index in [0.717, 1.165) is 4.57 Å². The second kappa shape index (κ2) is 8.92. The van der Waals surface area contributed by atoms with E-state index in [2.05, 4.69) is 15.6 Å². The molecule has 1 aromatic carbocycles. The second-order valence-electron chi connectivity index (χ2n) is 6.36. The van der Waals surface area contributed by atoms with Crippen LogP contribution in [0.15, 0.2) is 71.8 Å². The number of carbonyl (C=O) groups is 2. The van der Waals surface area contributed by atoms with Gasteiger partial charge in [0.1, 0.15) is 17.9 Å². The van der Waals surface area contributed by atoms with Crippen molar-refractivity contribution in [3.8, 4) is 0 Å². The minimum absolute atomic E-state index is 0.123. The maximum atomic E-state index is 13.0. The quantitative estimate of drug-likeness (QED) is 0.672. The summed E-state index contributed by atoms with van der Waals surface area (Å²) in [4.78, 5) is 41.5. The molecule has 2 N–H and O–H groups in total. The fourth-order valence-corrected chi connectivity index (χ4v) is 2.71. The highest BCUT2D eigenvalue weighted by molar-refractivity contribution is 6.04. The monoisotopic (exact) mass is 394 g/mol. The molecule has 7 nitrogen and oxygen atoms in total. The summed E-state index contributed by atoms with van der Waals surface area (Å²) in [6.45, 7) is 1.54. The first-order valence-corrected chi connectivity index (χ1v) is 8.90. The molecule has 148 valence electrons. The van der Waals surface area contributed by atoms with Crippen molar-refractivity contribution in [2.45, 2.75) is 19.5 Å². The molecule has 0 spiro atoms. The molecule has 0 bridgehead atoms. The molecule has 0 saturated heterocycles. The fraction of sp³-hybridized carbons (Fsp3) is 0.143. The van der Waals surface area contributed by atoms with Crippen LogP contribution < -0.4 is 16.2 Å². The number of carbonyl (C=O) groups excluding carboxylic acids is 2. The molecule has 0 radical (unpaired) electrons. The summed E-state index contributed by atoms with van der Waals surface area (Å²) in [5.41, 5.74) is 0.323. The Balaban J connectivity index is 1.69. The first-order chi connectivity index (χ1) is 13.9. The number of nitrogens with one attached hydrogen (secondary N) is 2. The molecule has 0 saturated carbocycles. The molecule has 3 rings (SSSR count). The molecule has 2 heterocycles. The van der Waals surface area contributed by atoms with E-state index < -0.39 is 17.3 Å². The maximum absolute atomic E-state index is 13.0. The number of amides is 2. The molecule has 0 aliphatic heterocycles. The molecule has 0 fully saturated rings. The zero-order chi connectivity index (χ0) is 20.8. The van der Waals surface area contributed by atoms with E-state index in [-0.39, 0.29) is 24.1 Å². The van der Waals surface area contributed by atoms with Crippen molar-refractivity contribution >= 4 is 17.5 Å². The summed E-state index contributed by atoms with van der Waals surface area (Å²) in [5.74, 6) is -1.46. The number of rotatable bonds is 6. The van der Waals surface area contributed by atoms with Crippen LogP contribution in [0.2, 0.25) is 0 Å². The normalized spacial score (nSPS) is 11.5. The summed E-state index contributed by atoms with van der Waals surface area (Å²) in [5, 5.41) is 5.30. The van der Waals surface area contributed by atoms with Crippen molar-refractivity contribution in [3.63, 3.8) is 0 Å². The van der Waals surface area contributed by atoms with Gasteiger partial charge in [-0.3, -0.25) is 19.4 Å². The first kappa shape index (κ1) is 19.9. The number of hydrogen-bond acceptors (Lipinski definition) is 4. The summed E-state index contributed by atoms with van der Waals surface area (Å²) >= 11 is 0. The minimum atomic E-state index is -0.641. The topological polar surface area (TPSA) is 93.1 Å². The van der Waals surface area contributed by atoms with Gasteiger partial charge in [0, 0.05) is 18.1 Å². The highest BCUT2D eigenvalue weighted by Gasteiger charge is 2.15. The molecule has 0 aliphatic rings. The lowest BCUT2D eigenvalue weighted by Gasteiger charge is -2.14. The highest BCUT2D eigenvalue weighted by atomic mass is 19.1. The fourth-order valence-electron chi connectivity index (χ4n) is 2.71. The Morgan fingerprint density at radius 1 is 1.10 bits per heavy atom. The van der Waals surface area contributed by atoms with Crippen molar-refractivity contribution in [2.75, 3.05) is 5.32 Å². The molecular formula is C21H19FN4O3. The van der Waals surface area contributed by atoms with Gasteiger partial charge in [0.25, 0.3) is 11.5 Å². The molecule has 0 aliphatic carbocycles. The number of pyridine rings is 2. The summed E-state index contributed by atoms with van der Waals surface area (Å²) in [6.07, 6.45) is 3.06. The van der Waals surface area contributed by atoms with Gasteiger partial charge in [0.15, 0.2) is 0 Å². The van der Waals surface area contributed by atoms with Gasteiger partial charge in [0.2, 0.25) is 5.91 Å². The van der Waals surface area contributed by atoms with Gasteiger partial charge < -0.3 is 15.2 Å². The van der Waals surface area contributed by atoms with E-state index >= 15 is 0 Å². The van der Waals surface area contributed by atoms with Crippen LogP contribution in [0.25, 0.3) is 0 Å².